The average molecular weight is 484 g/mol. The molecule has 6 heteroatoms. The van der Waals surface area contributed by atoms with Gasteiger partial charge in [-0.05, 0) is 55.6 Å². The van der Waals surface area contributed by atoms with Crippen LogP contribution in [0.4, 0.5) is 0 Å². The van der Waals surface area contributed by atoms with Crippen molar-refractivity contribution in [1.82, 2.24) is 10.2 Å². The van der Waals surface area contributed by atoms with Crippen LogP contribution in [0.15, 0.2) is 60.7 Å². The molecule has 184 valence electrons. The fraction of sp³-hybridized carbons (Fsp3) is 0.500. The minimum atomic E-state index is -0.454. The van der Waals surface area contributed by atoms with Gasteiger partial charge < -0.3 is 16.0 Å². The molecule has 2 aromatic rings. The molecule has 1 aliphatic carbocycles. The Bertz CT molecular complexity index is 890. The number of carbonyl (C=O) groups is 2. The number of halogens is 1. The van der Waals surface area contributed by atoms with Crippen molar-refractivity contribution in [2.24, 2.45) is 11.7 Å². The minimum Gasteiger partial charge on any atom is -0.354 e. The molecule has 2 aromatic carbocycles. The van der Waals surface area contributed by atoms with E-state index in [0.717, 1.165) is 49.7 Å². The van der Waals surface area contributed by atoms with Crippen LogP contribution >= 0.6 is 12.4 Å². The smallest absolute Gasteiger partial charge is 0.242 e. The van der Waals surface area contributed by atoms with Gasteiger partial charge in [-0.2, -0.15) is 0 Å². The van der Waals surface area contributed by atoms with Crippen LogP contribution in [-0.4, -0.2) is 41.9 Å². The Balaban J connectivity index is 0.00000324. The van der Waals surface area contributed by atoms with E-state index in [9.17, 15) is 9.59 Å². The van der Waals surface area contributed by atoms with Crippen LogP contribution in [0.25, 0.3) is 0 Å². The molecular weight excluding hydrogens is 446 g/mol. The zero-order chi connectivity index (χ0) is 23.3. The number of carbonyl (C=O) groups excluding carboxylic acids is 2. The molecule has 2 aliphatic rings. The molecule has 34 heavy (non-hydrogen) atoms. The Morgan fingerprint density at radius 2 is 1.50 bits per heavy atom. The van der Waals surface area contributed by atoms with Crippen molar-refractivity contribution in [3.8, 4) is 0 Å². The van der Waals surface area contributed by atoms with E-state index in [1.807, 2.05) is 41.3 Å². The summed E-state index contributed by atoms with van der Waals surface area (Å²) in [6, 6.07) is 20.4. The molecule has 5 nitrogen and oxygen atoms in total. The van der Waals surface area contributed by atoms with E-state index in [4.69, 9.17) is 5.73 Å². The lowest BCUT2D eigenvalue weighted by Crippen LogP contribution is -2.48. The van der Waals surface area contributed by atoms with Gasteiger partial charge in [0.05, 0.1) is 0 Å². The van der Waals surface area contributed by atoms with Crippen molar-refractivity contribution in [2.45, 2.75) is 69.4 Å². The Hall–Kier alpha value is -2.37. The first-order valence-electron chi connectivity index (χ1n) is 12.4. The number of hydrogen-bond acceptors (Lipinski definition) is 3. The van der Waals surface area contributed by atoms with E-state index in [1.165, 1.54) is 0 Å². The topological polar surface area (TPSA) is 75.4 Å². The zero-order valence-corrected chi connectivity index (χ0v) is 20.9. The molecule has 1 heterocycles. The van der Waals surface area contributed by atoms with Gasteiger partial charge in [0.15, 0.2) is 0 Å². The number of amides is 2. The molecule has 0 bridgehead atoms. The predicted molar refractivity (Wildman–Crippen MR) is 139 cm³/mol. The maximum Gasteiger partial charge on any atom is 0.242 e. The highest BCUT2D eigenvalue weighted by molar-refractivity contribution is 5.89. The lowest BCUT2D eigenvalue weighted by Gasteiger charge is -2.34. The summed E-state index contributed by atoms with van der Waals surface area (Å²) >= 11 is 0. The number of nitrogens with two attached hydrogens (primary N) is 1. The van der Waals surface area contributed by atoms with Gasteiger partial charge in [-0.1, -0.05) is 67.6 Å². The van der Waals surface area contributed by atoms with Crippen molar-refractivity contribution in [2.75, 3.05) is 13.1 Å². The fourth-order valence-corrected chi connectivity index (χ4v) is 5.48. The first kappa shape index (κ1) is 26.2. The molecule has 4 rings (SSSR count). The van der Waals surface area contributed by atoms with Crippen LogP contribution in [0.2, 0.25) is 0 Å². The molecule has 0 unspecified atom stereocenters. The Morgan fingerprint density at radius 1 is 0.941 bits per heavy atom. The lowest BCUT2D eigenvalue weighted by atomic mass is 9.73. The molecule has 3 N–H and O–H groups in total. The summed E-state index contributed by atoms with van der Waals surface area (Å²) in [5.41, 5.74) is 7.78. The minimum absolute atomic E-state index is 0. The molecule has 1 saturated heterocycles. The van der Waals surface area contributed by atoms with E-state index in [1.54, 1.807) is 0 Å². The summed E-state index contributed by atoms with van der Waals surface area (Å²) in [4.78, 5) is 28.5. The largest absolute Gasteiger partial charge is 0.354 e. The van der Waals surface area contributed by atoms with Crippen molar-refractivity contribution in [1.29, 1.82) is 0 Å². The fourth-order valence-electron chi connectivity index (χ4n) is 5.48. The normalized spacial score (nSPS) is 22.6. The van der Waals surface area contributed by atoms with Crippen LogP contribution < -0.4 is 11.1 Å². The maximum absolute atomic E-state index is 13.6. The summed E-state index contributed by atoms with van der Waals surface area (Å²) in [6.45, 7) is 3.47. The summed E-state index contributed by atoms with van der Waals surface area (Å²) in [5, 5.41) is 3.15. The molecule has 2 amide bonds. The van der Waals surface area contributed by atoms with Crippen molar-refractivity contribution in [3.63, 3.8) is 0 Å². The van der Waals surface area contributed by atoms with E-state index in [0.29, 0.717) is 31.5 Å². The number of likely N-dealkylation sites (tertiary alicyclic amines) is 1. The highest BCUT2D eigenvalue weighted by Gasteiger charge is 2.39. The summed E-state index contributed by atoms with van der Waals surface area (Å²) in [5.74, 6) is 0.544. The Kier molecular flexibility index (Phi) is 9.15. The molecule has 0 radical (unpaired) electrons. The van der Waals surface area contributed by atoms with Gasteiger partial charge in [0, 0.05) is 31.0 Å². The second kappa shape index (κ2) is 11.9. The van der Waals surface area contributed by atoms with Crippen LogP contribution in [0.5, 0.6) is 0 Å². The van der Waals surface area contributed by atoms with Gasteiger partial charge in [-0.15, -0.1) is 12.4 Å². The molecule has 0 aromatic heterocycles. The van der Waals surface area contributed by atoms with E-state index >= 15 is 0 Å². The molecular formula is C28H38ClN3O2. The number of hydrogen-bond donors (Lipinski definition) is 2. The van der Waals surface area contributed by atoms with Crippen LogP contribution in [0.1, 0.15) is 63.0 Å². The van der Waals surface area contributed by atoms with Crippen molar-refractivity contribution >= 4 is 24.2 Å². The second-order valence-corrected chi connectivity index (χ2v) is 10.0. The zero-order valence-electron chi connectivity index (χ0n) is 20.1. The highest BCUT2D eigenvalue weighted by atomic mass is 35.5. The van der Waals surface area contributed by atoms with Gasteiger partial charge in [-0.3, -0.25) is 9.59 Å². The van der Waals surface area contributed by atoms with Gasteiger partial charge in [0.1, 0.15) is 6.04 Å². The number of nitrogens with zero attached hydrogens (tertiary/aromatic N) is 1. The molecule has 0 spiro atoms. The summed E-state index contributed by atoms with van der Waals surface area (Å²) in [6.07, 6.45) is 6.15. The first-order chi connectivity index (χ1) is 16.0. The Morgan fingerprint density at radius 3 is 2.06 bits per heavy atom. The Labute approximate surface area is 209 Å². The molecule has 2 fully saturated rings. The third-order valence-corrected chi connectivity index (χ3v) is 7.66. The van der Waals surface area contributed by atoms with E-state index in [2.05, 4.69) is 36.5 Å². The van der Waals surface area contributed by atoms with Crippen molar-refractivity contribution < 1.29 is 9.59 Å². The third kappa shape index (κ3) is 6.00. The van der Waals surface area contributed by atoms with E-state index < -0.39 is 5.41 Å². The van der Waals surface area contributed by atoms with Gasteiger partial charge in [-0.25, -0.2) is 0 Å². The van der Waals surface area contributed by atoms with E-state index in [-0.39, 0.29) is 30.3 Å². The quantitative estimate of drug-likeness (QED) is 0.611. The predicted octanol–water partition coefficient (Wildman–Crippen LogP) is 4.43. The van der Waals surface area contributed by atoms with Crippen molar-refractivity contribution in [3.05, 3.63) is 71.8 Å². The van der Waals surface area contributed by atoms with Gasteiger partial charge in [0.2, 0.25) is 11.8 Å². The SMILES string of the molecule is CC(CC(=O)N1CCC[C@H]1C(=O)NCC1CCC(N)CC1)(c1ccccc1)c1ccccc1.Cl. The van der Waals surface area contributed by atoms with Crippen LogP contribution in [0, 0.1) is 5.92 Å². The average Bonchev–Trinajstić information content (AvgIpc) is 3.35. The highest BCUT2D eigenvalue weighted by Crippen LogP contribution is 2.36. The summed E-state index contributed by atoms with van der Waals surface area (Å²) in [7, 11) is 0. The third-order valence-electron chi connectivity index (χ3n) is 7.66. The monoisotopic (exact) mass is 483 g/mol. The van der Waals surface area contributed by atoms with Crippen LogP contribution in [-0.2, 0) is 15.0 Å². The molecule has 1 atom stereocenters. The molecule has 1 saturated carbocycles. The van der Waals surface area contributed by atoms with Gasteiger partial charge >= 0.3 is 0 Å². The summed E-state index contributed by atoms with van der Waals surface area (Å²) < 4.78 is 0. The maximum atomic E-state index is 13.6. The van der Waals surface area contributed by atoms with Gasteiger partial charge in [0.25, 0.3) is 0 Å². The number of benzene rings is 2. The lowest BCUT2D eigenvalue weighted by molar-refractivity contribution is -0.139. The number of nitrogens with one attached hydrogen (secondary N) is 1. The molecule has 1 aliphatic heterocycles. The first-order valence-corrected chi connectivity index (χ1v) is 12.4. The second-order valence-electron chi connectivity index (χ2n) is 10.0. The number of rotatable bonds is 7. The van der Waals surface area contributed by atoms with Crippen LogP contribution in [0.3, 0.4) is 0 Å². The standard InChI is InChI=1S/C28H37N3O2.ClH/c1-28(22-9-4-2-5-10-22,23-11-6-3-7-12-23)19-26(32)31-18-8-13-25(31)27(33)30-20-21-14-16-24(29)17-15-21;/h2-7,9-12,21,24-25H,8,13-20,29H2,1H3,(H,30,33);1H/t21?,24?,25-;/m0./s1.